The molecule has 0 aromatic carbocycles. The number of halogens is 1. The number of hydrogen-bond acceptors (Lipinski definition) is 0. The van der Waals surface area contributed by atoms with E-state index in [1.165, 1.54) is 12.8 Å². The zero-order valence-electron chi connectivity index (χ0n) is 3.50. The summed E-state index contributed by atoms with van der Waals surface area (Å²) in [6.07, 6.45) is 2.60. The molecule has 0 atom stereocenters. The molecule has 0 heterocycles. The Bertz CT molecular complexity index is 15.0. The van der Waals surface area contributed by atoms with E-state index in [-0.39, 0.29) is 29.6 Å². The third kappa shape index (κ3) is 9.08. The monoisotopic (exact) mass is 160 g/mol. The first-order valence-electron chi connectivity index (χ1n) is 1.97. The third-order valence-electron chi connectivity index (χ3n) is 0.487. The van der Waals surface area contributed by atoms with Crippen LogP contribution < -0.4 is 0 Å². The Kier molecular flexibility index (Phi) is 16.9. The summed E-state index contributed by atoms with van der Waals surface area (Å²) in [6.45, 7) is 2.18. The Morgan fingerprint density at radius 1 is 1.50 bits per heavy atom. The number of alkyl halides is 1. The summed E-state index contributed by atoms with van der Waals surface area (Å²) in [5, 5.41) is 1.16. The molecule has 0 radical (unpaired) electrons. The van der Waals surface area contributed by atoms with Crippen molar-refractivity contribution in [2.24, 2.45) is 0 Å². The van der Waals surface area contributed by atoms with Gasteiger partial charge in [-0.2, -0.15) is 0 Å². The standard InChI is InChI=1S/C4H9Br.Na.H/c1-2-3-4-5;;/h2-4H2,1H3;;. The molecule has 0 amide bonds. The van der Waals surface area contributed by atoms with Crippen molar-refractivity contribution in [2.45, 2.75) is 19.8 Å². The molecular weight excluding hydrogens is 151 g/mol. The van der Waals surface area contributed by atoms with Gasteiger partial charge in [0.05, 0.1) is 0 Å². The minimum absolute atomic E-state index is 0. The summed E-state index contributed by atoms with van der Waals surface area (Å²) < 4.78 is 0. The molecule has 0 N–H and O–H groups in total. The van der Waals surface area contributed by atoms with Gasteiger partial charge < -0.3 is 0 Å². The van der Waals surface area contributed by atoms with E-state index in [2.05, 4.69) is 22.9 Å². The van der Waals surface area contributed by atoms with E-state index in [0.29, 0.717) is 0 Å². The Hall–Kier alpha value is 1.48. The van der Waals surface area contributed by atoms with Gasteiger partial charge in [0.1, 0.15) is 0 Å². The first-order valence-corrected chi connectivity index (χ1v) is 3.10. The first-order chi connectivity index (χ1) is 2.41. The van der Waals surface area contributed by atoms with Crippen LogP contribution in [-0.4, -0.2) is 34.9 Å². The van der Waals surface area contributed by atoms with Crippen molar-refractivity contribution in [3.63, 3.8) is 0 Å². The molecule has 0 saturated carbocycles. The van der Waals surface area contributed by atoms with E-state index in [1.54, 1.807) is 0 Å². The van der Waals surface area contributed by atoms with E-state index < -0.39 is 0 Å². The van der Waals surface area contributed by atoms with Crippen molar-refractivity contribution in [3.8, 4) is 0 Å². The van der Waals surface area contributed by atoms with Gasteiger partial charge in [0.2, 0.25) is 0 Å². The van der Waals surface area contributed by atoms with Crippen LogP contribution in [0.15, 0.2) is 0 Å². The van der Waals surface area contributed by atoms with Gasteiger partial charge in [-0.25, -0.2) is 0 Å². The molecule has 6 heavy (non-hydrogen) atoms. The van der Waals surface area contributed by atoms with Gasteiger partial charge in [-0.15, -0.1) is 0 Å². The molecule has 0 aliphatic rings. The molecule has 0 saturated heterocycles. The van der Waals surface area contributed by atoms with Crippen molar-refractivity contribution < 1.29 is 0 Å². The van der Waals surface area contributed by atoms with Crippen LogP contribution in [0.5, 0.6) is 0 Å². The Balaban J connectivity index is 0. The van der Waals surface area contributed by atoms with E-state index >= 15 is 0 Å². The fourth-order valence-electron chi connectivity index (χ4n) is 0.134. The summed E-state index contributed by atoms with van der Waals surface area (Å²) >= 11 is 3.31. The number of hydrogen-bond donors (Lipinski definition) is 0. The molecule has 0 aromatic rings. The van der Waals surface area contributed by atoms with Crippen molar-refractivity contribution >= 4 is 45.5 Å². The maximum atomic E-state index is 3.31. The fraction of sp³-hybridized carbons (Fsp3) is 1.00. The second-order valence-electron chi connectivity index (χ2n) is 1.04. The molecule has 2 heteroatoms. The van der Waals surface area contributed by atoms with Gasteiger partial charge in [0.25, 0.3) is 0 Å². The second-order valence-corrected chi connectivity index (χ2v) is 1.84. The first kappa shape index (κ1) is 10.5. The van der Waals surface area contributed by atoms with Crippen LogP contribution in [0.4, 0.5) is 0 Å². The predicted molar refractivity (Wildman–Crippen MR) is 35.9 cm³/mol. The topological polar surface area (TPSA) is 0 Å². The third-order valence-corrected chi connectivity index (χ3v) is 1.05. The summed E-state index contributed by atoms with van der Waals surface area (Å²) in [7, 11) is 0. The van der Waals surface area contributed by atoms with E-state index in [9.17, 15) is 0 Å². The molecule has 0 nitrogen and oxygen atoms in total. The van der Waals surface area contributed by atoms with Crippen molar-refractivity contribution in [1.82, 2.24) is 0 Å². The van der Waals surface area contributed by atoms with Gasteiger partial charge in [0.15, 0.2) is 0 Å². The van der Waals surface area contributed by atoms with E-state index in [0.717, 1.165) is 5.33 Å². The minimum atomic E-state index is 0. The zero-order chi connectivity index (χ0) is 4.12. The second kappa shape index (κ2) is 9.70. The van der Waals surface area contributed by atoms with E-state index in [4.69, 9.17) is 0 Å². The Morgan fingerprint density at radius 3 is 2.00 bits per heavy atom. The molecule has 0 spiro atoms. The fourth-order valence-corrected chi connectivity index (χ4v) is 0.694. The van der Waals surface area contributed by atoms with Gasteiger partial charge in [-0.1, -0.05) is 29.3 Å². The molecule has 0 rings (SSSR count). The molecule has 34 valence electrons. The van der Waals surface area contributed by atoms with Crippen LogP contribution in [0.25, 0.3) is 0 Å². The maximum absolute atomic E-state index is 3.31. The summed E-state index contributed by atoms with van der Waals surface area (Å²) in [5.74, 6) is 0. The van der Waals surface area contributed by atoms with Crippen molar-refractivity contribution in [1.29, 1.82) is 0 Å². The van der Waals surface area contributed by atoms with Crippen LogP contribution in [0.3, 0.4) is 0 Å². The number of rotatable bonds is 2. The van der Waals surface area contributed by atoms with Gasteiger partial charge in [-0.05, 0) is 6.42 Å². The van der Waals surface area contributed by atoms with Crippen LogP contribution in [0, 0.1) is 0 Å². The average molecular weight is 161 g/mol. The molecule has 0 fully saturated rings. The predicted octanol–water partition coefficient (Wildman–Crippen LogP) is 1.53. The van der Waals surface area contributed by atoms with Crippen molar-refractivity contribution in [3.05, 3.63) is 0 Å². The van der Waals surface area contributed by atoms with Crippen LogP contribution >= 0.6 is 15.9 Å². The molecule has 0 bridgehead atoms. The zero-order valence-corrected chi connectivity index (χ0v) is 5.09. The van der Waals surface area contributed by atoms with Gasteiger partial charge in [-0.3, -0.25) is 0 Å². The molecule has 0 aliphatic carbocycles. The quantitative estimate of drug-likeness (QED) is 0.425. The normalized spacial score (nSPS) is 7.00. The molecular formula is C4H10BrNa. The average Bonchev–Trinajstić information content (AvgIpc) is 1.41. The Labute approximate surface area is 70.1 Å². The summed E-state index contributed by atoms with van der Waals surface area (Å²) in [4.78, 5) is 0. The van der Waals surface area contributed by atoms with Crippen LogP contribution in [0.1, 0.15) is 19.8 Å². The summed E-state index contributed by atoms with van der Waals surface area (Å²) in [5.41, 5.74) is 0. The SMILES string of the molecule is CCCCBr.[NaH]. The molecule has 0 aromatic heterocycles. The van der Waals surface area contributed by atoms with Crippen LogP contribution in [-0.2, 0) is 0 Å². The van der Waals surface area contributed by atoms with E-state index in [1.807, 2.05) is 0 Å². The van der Waals surface area contributed by atoms with Crippen molar-refractivity contribution in [2.75, 3.05) is 5.33 Å². The number of unbranched alkanes of at least 4 members (excludes halogenated alkanes) is 1. The Morgan fingerprint density at radius 2 is 2.00 bits per heavy atom. The summed E-state index contributed by atoms with van der Waals surface area (Å²) in [6, 6.07) is 0. The molecule has 0 aliphatic heterocycles. The molecule has 0 unspecified atom stereocenters. The van der Waals surface area contributed by atoms with Crippen LogP contribution in [0.2, 0.25) is 0 Å². The van der Waals surface area contributed by atoms with Gasteiger partial charge in [0, 0.05) is 5.33 Å². The van der Waals surface area contributed by atoms with Gasteiger partial charge >= 0.3 is 29.6 Å².